The number of oxime groups is 1. The van der Waals surface area contributed by atoms with Crippen LogP contribution in [0.4, 0.5) is 0 Å². The van der Waals surface area contributed by atoms with Crippen molar-refractivity contribution in [1.29, 1.82) is 0 Å². The Morgan fingerprint density at radius 3 is 2.31 bits per heavy atom. The van der Waals surface area contributed by atoms with Gasteiger partial charge in [0.25, 0.3) is 0 Å². The summed E-state index contributed by atoms with van der Waals surface area (Å²) in [5.41, 5.74) is 9.76. The standard InChI is InChI=1S/C46H52N2O4/c1-8-10-16-34(9-2)28-48-44-23-21-36(45(47-52-33(6)49)39-17-12-11-15-30(39)3)26-42(44)43-27-37(40-18-13-14-19-41(40)46(43)48)25-35-20-22-38(24-31(35)4)51-32(5)29-50-7/h11-15,17-24,26-27,32,34H,8-10,16,25,28-29H2,1-7H3. The Morgan fingerprint density at radius 1 is 0.827 bits per heavy atom. The number of aryl methyl sites for hydroxylation is 2. The molecule has 0 aliphatic rings. The van der Waals surface area contributed by atoms with E-state index in [9.17, 15) is 4.79 Å². The van der Waals surface area contributed by atoms with Gasteiger partial charge in [0, 0.05) is 53.4 Å². The van der Waals surface area contributed by atoms with Crippen molar-refractivity contribution in [2.24, 2.45) is 11.1 Å². The van der Waals surface area contributed by atoms with Crippen LogP contribution >= 0.6 is 0 Å². The molecule has 2 atom stereocenters. The van der Waals surface area contributed by atoms with Gasteiger partial charge in [0.05, 0.1) is 12.1 Å². The topological polar surface area (TPSA) is 62.1 Å². The van der Waals surface area contributed by atoms with E-state index in [-0.39, 0.29) is 6.10 Å². The SMILES string of the molecule is CCCCC(CC)Cn1c2ccc(C(=NOC(C)=O)c3ccccc3C)cc2c2cc(Cc3ccc(OC(C)COC)cc3C)c3ccccc3c21. The van der Waals surface area contributed by atoms with Gasteiger partial charge in [0.15, 0.2) is 0 Å². The molecule has 0 aliphatic carbocycles. The monoisotopic (exact) mass is 696 g/mol. The maximum Gasteiger partial charge on any atom is 0.332 e. The third kappa shape index (κ3) is 7.93. The lowest BCUT2D eigenvalue weighted by molar-refractivity contribution is -0.140. The smallest absolute Gasteiger partial charge is 0.332 e. The van der Waals surface area contributed by atoms with Crippen LogP contribution in [0.5, 0.6) is 5.75 Å². The van der Waals surface area contributed by atoms with Crippen LogP contribution < -0.4 is 4.74 Å². The van der Waals surface area contributed by atoms with Gasteiger partial charge in [-0.1, -0.05) is 98.9 Å². The summed E-state index contributed by atoms with van der Waals surface area (Å²) in [6, 6.07) is 32.4. The number of hydrogen-bond acceptors (Lipinski definition) is 5. The first-order chi connectivity index (χ1) is 25.2. The van der Waals surface area contributed by atoms with Crippen molar-refractivity contribution in [1.82, 2.24) is 4.57 Å². The normalized spacial score (nSPS) is 13.2. The number of unbranched alkanes of at least 4 members (excludes halogenated alkanes) is 1. The van der Waals surface area contributed by atoms with Crippen LogP contribution in [-0.4, -0.2) is 36.1 Å². The second-order valence-electron chi connectivity index (χ2n) is 14.2. The van der Waals surface area contributed by atoms with Gasteiger partial charge in [-0.3, -0.25) is 0 Å². The minimum Gasteiger partial charge on any atom is -0.488 e. The first-order valence-corrected chi connectivity index (χ1v) is 18.8. The molecule has 0 saturated heterocycles. The van der Waals surface area contributed by atoms with Crippen molar-refractivity contribution in [2.75, 3.05) is 13.7 Å². The van der Waals surface area contributed by atoms with E-state index in [2.05, 4.69) is 110 Å². The number of rotatable bonds is 15. The Labute approximate surface area is 308 Å². The second-order valence-corrected chi connectivity index (χ2v) is 14.2. The number of hydrogen-bond donors (Lipinski definition) is 0. The van der Waals surface area contributed by atoms with Gasteiger partial charge in [-0.2, -0.15) is 0 Å². The zero-order valence-corrected chi connectivity index (χ0v) is 31.8. The maximum atomic E-state index is 12.0. The number of methoxy groups -OCH3 is 1. The Hall–Kier alpha value is -4.94. The fourth-order valence-corrected chi connectivity index (χ4v) is 7.55. The number of nitrogens with zero attached hydrogens (tertiary/aromatic N) is 2. The van der Waals surface area contributed by atoms with Gasteiger partial charge >= 0.3 is 5.97 Å². The molecule has 0 spiro atoms. The van der Waals surface area contributed by atoms with E-state index in [1.54, 1.807) is 7.11 Å². The summed E-state index contributed by atoms with van der Waals surface area (Å²) < 4.78 is 14.0. The highest BCUT2D eigenvalue weighted by atomic mass is 16.7. The molecule has 52 heavy (non-hydrogen) atoms. The summed E-state index contributed by atoms with van der Waals surface area (Å²) in [6.07, 6.45) is 5.53. The van der Waals surface area contributed by atoms with Crippen molar-refractivity contribution in [2.45, 2.75) is 86.3 Å². The molecule has 0 radical (unpaired) electrons. The molecule has 6 heteroatoms. The molecule has 0 fully saturated rings. The highest BCUT2D eigenvalue weighted by molar-refractivity contribution is 6.21. The van der Waals surface area contributed by atoms with Crippen LogP contribution in [0.1, 0.15) is 86.8 Å². The van der Waals surface area contributed by atoms with Crippen molar-refractivity contribution < 1.29 is 19.1 Å². The van der Waals surface area contributed by atoms with Crippen LogP contribution in [0.15, 0.2) is 96.2 Å². The molecule has 6 rings (SSSR count). The van der Waals surface area contributed by atoms with Gasteiger partial charge in [0.2, 0.25) is 0 Å². The zero-order chi connectivity index (χ0) is 36.8. The van der Waals surface area contributed by atoms with E-state index in [1.165, 1.54) is 75.5 Å². The van der Waals surface area contributed by atoms with Crippen LogP contribution in [0.25, 0.3) is 32.6 Å². The van der Waals surface area contributed by atoms with Gasteiger partial charge in [0.1, 0.15) is 17.6 Å². The summed E-state index contributed by atoms with van der Waals surface area (Å²) in [4.78, 5) is 17.3. The van der Waals surface area contributed by atoms with Crippen molar-refractivity contribution in [3.05, 3.63) is 124 Å². The number of ether oxygens (including phenoxy) is 2. The first kappa shape index (κ1) is 36.8. The minimum atomic E-state index is -0.447. The quantitative estimate of drug-likeness (QED) is 0.0609. The Kier molecular flexibility index (Phi) is 11.8. The molecule has 0 N–H and O–H groups in total. The number of carbonyl (C=O) groups excluding carboxylic acids is 1. The van der Waals surface area contributed by atoms with E-state index in [4.69, 9.17) is 14.3 Å². The van der Waals surface area contributed by atoms with Crippen molar-refractivity contribution >= 4 is 44.3 Å². The minimum absolute atomic E-state index is 0.0246. The number of aromatic nitrogens is 1. The summed E-state index contributed by atoms with van der Waals surface area (Å²) in [5, 5.41) is 9.34. The van der Waals surface area contributed by atoms with Crippen molar-refractivity contribution in [3.63, 3.8) is 0 Å². The van der Waals surface area contributed by atoms with Crippen LogP contribution in [-0.2, 0) is 27.3 Å². The lowest BCUT2D eigenvalue weighted by Gasteiger charge is -2.19. The van der Waals surface area contributed by atoms with E-state index in [1.807, 2.05) is 25.1 Å². The number of carbonyl (C=O) groups is 1. The van der Waals surface area contributed by atoms with E-state index < -0.39 is 5.97 Å². The van der Waals surface area contributed by atoms with Crippen LogP contribution in [0.3, 0.4) is 0 Å². The molecule has 6 aromatic rings. The van der Waals surface area contributed by atoms with E-state index in [0.29, 0.717) is 18.2 Å². The first-order valence-electron chi connectivity index (χ1n) is 18.8. The van der Waals surface area contributed by atoms with E-state index in [0.717, 1.165) is 41.8 Å². The molecule has 1 heterocycles. The number of benzene rings is 5. The molecular formula is C46H52N2O4. The summed E-state index contributed by atoms with van der Waals surface area (Å²) in [6.45, 7) is 13.7. The highest BCUT2D eigenvalue weighted by Crippen LogP contribution is 2.39. The predicted octanol–water partition coefficient (Wildman–Crippen LogP) is 11.1. The number of fused-ring (bicyclic) bond motifs is 5. The van der Waals surface area contributed by atoms with Gasteiger partial charge in [-0.25, -0.2) is 4.79 Å². The molecule has 270 valence electrons. The average molecular weight is 697 g/mol. The lowest BCUT2D eigenvalue weighted by Crippen LogP contribution is -2.18. The highest BCUT2D eigenvalue weighted by Gasteiger charge is 2.21. The molecule has 0 aliphatic heterocycles. The molecule has 6 nitrogen and oxygen atoms in total. The fraction of sp³-hybridized carbons (Fsp3) is 0.348. The summed E-state index contributed by atoms with van der Waals surface area (Å²) in [7, 11) is 1.70. The molecule has 0 saturated carbocycles. The van der Waals surface area contributed by atoms with Crippen LogP contribution in [0, 0.1) is 19.8 Å². The predicted molar refractivity (Wildman–Crippen MR) is 215 cm³/mol. The Morgan fingerprint density at radius 2 is 1.60 bits per heavy atom. The Balaban J connectivity index is 1.56. The van der Waals surface area contributed by atoms with Gasteiger partial charge in [-0.15, -0.1) is 0 Å². The third-order valence-corrected chi connectivity index (χ3v) is 10.3. The molecule has 1 aromatic heterocycles. The van der Waals surface area contributed by atoms with Gasteiger partial charge in [-0.05, 0) is 97.5 Å². The molecular weight excluding hydrogens is 645 g/mol. The van der Waals surface area contributed by atoms with Gasteiger partial charge < -0.3 is 18.9 Å². The van der Waals surface area contributed by atoms with Crippen molar-refractivity contribution in [3.8, 4) is 5.75 Å². The summed E-state index contributed by atoms with van der Waals surface area (Å²) >= 11 is 0. The maximum absolute atomic E-state index is 12.0. The fourth-order valence-electron chi connectivity index (χ4n) is 7.55. The second kappa shape index (κ2) is 16.6. The summed E-state index contributed by atoms with van der Waals surface area (Å²) in [5.74, 6) is 0.979. The largest absolute Gasteiger partial charge is 0.488 e. The average Bonchev–Trinajstić information content (AvgIpc) is 3.44. The third-order valence-electron chi connectivity index (χ3n) is 10.3. The zero-order valence-electron chi connectivity index (χ0n) is 31.8. The molecule has 0 bridgehead atoms. The molecule has 2 unspecified atom stereocenters. The molecule has 0 amide bonds. The van der Waals surface area contributed by atoms with E-state index >= 15 is 0 Å². The molecule has 5 aromatic carbocycles. The van der Waals surface area contributed by atoms with Crippen LogP contribution in [0.2, 0.25) is 0 Å². The Bertz CT molecular complexity index is 2230. The lowest BCUT2D eigenvalue weighted by atomic mass is 9.93.